The first-order valence-electron chi connectivity index (χ1n) is 7.86. The Morgan fingerprint density at radius 1 is 1.35 bits per heavy atom. The highest BCUT2D eigenvalue weighted by Gasteiger charge is 2.32. The van der Waals surface area contributed by atoms with Crippen LogP contribution >= 0.6 is 0 Å². The van der Waals surface area contributed by atoms with Gasteiger partial charge in [0.25, 0.3) is 0 Å². The molecule has 1 aliphatic heterocycles. The van der Waals surface area contributed by atoms with Gasteiger partial charge in [-0.1, -0.05) is 0 Å². The summed E-state index contributed by atoms with van der Waals surface area (Å²) >= 11 is 0. The van der Waals surface area contributed by atoms with Gasteiger partial charge in [0, 0.05) is 62.1 Å². The number of aromatic amines is 1. The maximum absolute atomic E-state index is 6.35. The van der Waals surface area contributed by atoms with Gasteiger partial charge in [-0.25, -0.2) is 4.98 Å². The summed E-state index contributed by atoms with van der Waals surface area (Å²) in [5.74, 6) is 0.344. The number of nitrogens with zero attached hydrogens (tertiary/aromatic N) is 5. The molecule has 2 atom stereocenters. The van der Waals surface area contributed by atoms with E-state index in [9.17, 15) is 0 Å². The monoisotopic (exact) mass is 311 g/mol. The van der Waals surface area contributed by atoms with Crippen molar-refractivity contribution >= 4 is 11.0 Å². The number of nitrogens with two attached hydrogens (primary N) is 1. The van der Waals surface area contributed by atoms with Crippen LogP contribution in [0.3, 0.4) is 0 Å². The zero-order valence-electron chi connectivity index (χ0n) is 13.4. The van der Waals surface area contributed by atoms with E-state index < -0.39 is 0 Å². The average molecular weight is 311 g/mol. The average Bonchev–Trinajstić information content (AvgIpc) is 3.20. The third-order valence-electron chi connectivity index (χ3n) is 4.66. The number of hydrogen-bond donors (Lipinski definition) is 2. The fraction of sp³-hybridized carbons (Fsp3) is 0.438. The highest BCUT2D eigenvalue weighted by atomic mass is 15.2. The molecule has 3 aromatic heterocycles. The Labute approximate surface area is 134 Å². The third-order valence-corrected chi connectivity index (χ3v) is 4.66. The number of rotatable bonds is 3. The maximum atomic E-state index is 6.35. The van der Waals surface area contributed by atoms with E-state index >= 15 is 0 Å². The second kappa shape index (κ2) is 5.43. The molecule has 0 bridgehead atoms. The number of H-pyrrole nitrogens is 1. The minimum Gasteiger partial charge on any atom is -0.326 e. The number of nitrogens with one attached hydrogen (secondary N) is 1. The number of aromatic nitrogens is 5. The Hall–Kier alpha value is -2.25. The minimum atomic E-state index is 0.145. The molecule has 0 radical (unpaired) electrons. The zero-order valence-corrected chi connectivity index (χ0v) is 13.4. The summed E-state index contributed by atoms with van der Waals surface area (Å²) in [5.41, 5.74) is 10.6. The number of pyridine rings is 1. The van der Waals surface area contributed by atoms with Crippen molar-refractivity contribution in [3.63, 3.8) is 0 Å². The van der Waals surface area contributed by atoms with Gasteiger partial charge in [-0.15, -0.1) is 0 Å². The molecular weight excluding hydrogens is 290 g/mol. The van der Waals surface area contributed by atoms with Gasteiger partial charge in [-0.05, 0) is 24.1 Å². The second-order valence-electron chi connectivity index (χ2n) is 6.48. The van der Waals surface area contributed by atoms with Crippen molar-refractivity contribution in [3.05, 3.63) is 41.5 Å². The first-order chi connectivity index (χ1) is 11.1. The molecule has 0 aromatic carbocycles. The highest BCUT2D eigenvalue weighted by Crippen LogP contribution is 2.27. The van der Waals surface area contributed by atoms with Gasteiger partial charge >= 0.3 is 0 Å². The molecule has 1 fully saturated rings. The fourth-order valence-corrected chi connectivity index (χ4v) is 3.43. The second-order valence-corrected chi connectivity index (χ2v) is 6.48. The van der Waals surface area contributed by atoms with E-state index in [2.05, 4.69) is 37.4 Å². The molecule has 0 amide bonds. The molecule has 1 aliphatic rings. The largest absolute Gasteiger partial charge is 0.326 e. The number of hydrogen-bond acceptors (Lipinski definition) is 5. The van der Waals surface area contributed by atoms with Crippen LogP contribution < -0.4 is 5.73 Å². The van der Waals surface area contributed by atoms with E-state index in [-0.39, 0.29) is 6.04 Å². The van der Waals surface area contributed by atoms with Gasteiger partial charge in [0.2, 0.25) is 0 Å². The molecule has 4 heterocycles. The van der Waals surface area contributed by atoms with Crippen molar-refractivity contribution in [1.82, 2.24) is 29.9 Å². The summed E-state index contributed by atoms with van der Waals surface area (Å²) in [7, 11) is 1.94. The maximum Gasteiger partial charge on any atom is 0.181 e. The first kappa shape index (κ1) is 14.3. The molecule has 0 aliphatic carbocycles. The Kier molecular flexibility index (Phi) is 3.39. The molecule has 0 spiro atoms. The highest BCUT2D eigenvalue weighted by molar-refractivity contribution is 5.77. The normalized spacial score (nSPS) is 22.2. The van der Waals surface area contributed by atoms with E-state index in [1.807, 2.05) is 31.0 Å². The van der Waals surface area contributed by atoms with Crippen molar-refractivity contribution in [2.24, 2.45) is 12.8 Å². The van der Waals surface area contributed by atoms with Crippen molar-refractivity contribution in [2.45, 2.75) is 25.4 Å². The van der Waals surface area contributed by atoms with Crippen LogP contribution in [0.5, 0.6) is 0 Å². The van der Waals surface area contributed by atoms with Gasteiger partial charge in [-0.2, -0.15) is 10.2 Å². The molecule has 0 saturated carbocycles. The predicted molar refractivity (Wildman–Crippen MR) is 87.8 cm³/mol. The van der Waals surface area contributed by atoms with E-state index in [1.165, 1.54) is 11.1 Å². The molecule has 7 nitrogen and oxygen atoms in total. The lowest BCUT2D eigenvalue weighted by Crippen LogP contribution is -2.28. The van der Waals surface area contributed by atoms with Gasteiger partial charge in [0.05, 0.1) is 6.20 Å². The lowest BCUT2D eigenvalue weighted by atomic mass is 9.98. The summed E-state index contributed by atoms with van der Waals surface area (Å²) in [6, 6.07) is 2.32. The lowest BCUT2D eigenvalue weighted by molar-refractivity contribution is 0.323. The SMILES string of the molecule is Cc1[nH]nc2ncc(CN3C[C@@H](N)[C@H](c4cnn(C)c4)C3)cc12. The Balaban J connectivity index is 1.51. The van der Waals surface area contributed by atoms with Crippen molar-refractivity contribution in [3.8, 4) is 0 Å². The zero-order chi connectivity index (χ0) is 16.0. The number of likely N-dealkylation sites (tertiary alicyclic amines) is 1. The summed E-state index contributed by atoms with van der Waals surface area (Å²) in [6.45, 7) is 4.72. The molecule has 3 N–H and O–H groups in total. The predicted octanol–water partition coefficient (Wildman–Crippen LogP) is 0.927. The Bertz CT molecular complexity index is 834. The standard InChI is InChI=1S/C16H21N7/c1-10-13-3-11(4-18-16(13)21-20-10)6-23-8-14(15(17)9-23)12-5-19-22(2)7-12/h3-5,7,14-15H,6,8-9,17H2,1-2H3,(H,18,20,21)/t14-,15+/m0/s1. The van der Waals surface area contributed by atoms with Crippen LogP contribution in [0.15, 0.2) is 24.7 Å². The van der Waals surface area contributed by atoms with Gasteiger partial charge in [-0.3, -0.25) is 14.7 Å². The van der Waals surface area contributed by atoms with Crippen LogP contribution in [0.1, 0.15) is 22.7 Å². The van der Waals surface area contributed by atoms with E-state index in [1.54, 1.807) is 0 Å². The quantitative estimate of drug-likeness (QED) is 0.751. The van der Waals surface area contributed by atoms with Gasteiger partial charge < -0.3 is 5.73 Å². The number of aryl methyl sites for hydroxylation is 2. The van der Waals surface area contributed by atoms with E-state index in [0.717, 1.165) is 36.4 Å². The molecule has 1 saturated heterocycles. The third kappa shape index (κ3) is 2.62. The number of fused-ring (bicyclic) bond motifs is 1. The van der Waals surface area contributed by atoms with Crippen LogP contribution in [0.4, 0.5) is 0 Å². The van der Waals surface area contributed by atoms with Crippen LogP contribution in [0, 0.1) is 6.92 Å². The topological polar surface area (TPSA) is 88.7 Å². The van der Waals surface area contributed by atoms with Crippen LogP contribution in [0.2, 0.25) is 0 Å². The minimum absolute atomic E-state index is 0.145. The van der Waals surface area contributed by atoms with Crippen LogP contribution in [-0.4, -0.2) is 49.0 Å². The smallest absolute Gasteiger partial charge is 0.181 e. The summed E-state index contributed by atoms with van der Waals surface area (Å²) in [6.07, 6.45) is 5.90. The lowest BCUT2D eigenvalue weighted by Gasteiger charge is -2.15. The summed E-state index contributed by atoms with van der Waals surface area (Å²) < 4.78 is 1.84. The summed E-state index contributed by atoms with van der Waals surface area (Å²) in [4.78, 5) is 6.82. The fourth-order valence-electron chi connectivity index (χ4n) is 3.43. The van der Waals surface area contributed by atoms with Crippen molar-refractivity contribution in [2.75, 3.05) is 13.1 Å². The van der Waals surface area contributed by atoms with Crippen LogP contribution in [-0.2, 0) is 13.6 Å². The van der Waals surface area contributed by atoms with Gasteiger partial charge in [0.15, 0.2) is 5.65 Å². The van der Waals surface area contributed by atoms with E-state index in [4.69, 9.17) is 5.73 Å². The molecular formula is C16H21N7. The van der Waals surface area contributed by atoms with Crippen molar-refractivity contribution < 1.29 is 0 Å². The summed E-state index contributed by atoms with van der Waals surface area (Å²) in [5, 5.41) is 12.5. The molecule has 4 rings (SSSR count). The first-order valence-corrected chi connectivity index (χ1v) is 7.86. The van der Waals surface area contributed by atoms with Crippen molar-refractivity contribution in [1.29, 1.82) is 0 Å². The Morgan fingerprint density at radius 3 is 3.00 bits per heavy atom. The molecule has 7 heteroatoms. The van der Waals surface area contributed by atoms with Crippen LogP contribution in [0.25, 0.3) is 11.0 Å². The molecule has 0 unspecified atom stereocenters. The Morgan fingerprint density at radius 2 is 2.22 bits per heavy atom. The van der Waals surface area contributed by atoms with Gasteiger partial charge in [0.1, 0.15) is 0 Å². The molecule has 3 aromatic rings. The van der Waals surface area contributed by atoms with E-state index in [0.29, 0.717) is 5.92 Å². The molecule has 23 heavy (non-hydrogen) atoms. The molecule has 120 valence electrons.